The van der Waals surface area contributed by atoms with E-state index in [4.69, 9.17) is 0 Å². The highest BCUT2D eigenvalue weighted by atomic mass is 32.3. The third-order valence-corrected chi connectivity index (χ3v) is 8.55. The van der Waals surface area contributed by atoms with Gasteiger partial charge in [0.1, 0.15) is 9.73 Å². The highest BCUT2D eigenvalue weighted by Gasteiger charge is 2.30. The molecule has 4 nitrogen and oxygen atoms in total. The molecule has 2 atom stereocenters. The Morgan fingerprint density at radius 1 is 0.714 bits per heavy atom. The highest BCUT2D eigenvalue weighted by Crippen LogP contribution is 2.34. The van der Waals surface area contributed by atoms with Gasteiger partial charge in [-0.2, -0.15) is 8.42 Å². The normalized spacial score (nSPS) is 14.8. The van der Waals surface area contributed by atoms with Crippen LogP contribution in [0, 0.1) is 13.8 Å². The molecule has 146 valence electrons. The number of sulfonamides is 1. The van der Waals surface area contributed by atoms with Crippen LogP contribution in [0.1, 0.15) is 22.2 Å². The fourth-order valence-electron chi connectivity index (χ4n) is 2.62. The van der Waals surface area contributed by atoms with Crippen molar-refractivity contribution in [2.24, 2.45) is 3.77 Å². The van der Waals surface area contributed by atoms with Crippen LogP contribution >= 0.6 is 0 Å². The molecule has 28 heavy (non-hydrogen) atoms. The van der Waals surface area contributed by atoms with E-state index in [1.54, 1.807) is 42.5 Å². The first-order valence-corrected chi connectivity index (χ1v) is 11.6. The van der Waals surface area contributed by atoms with Gasteiger partial charge in [-0.25, -0.2) is 8.60 Å². The second kappa shape index (κ2) is 7.85. The van der Waals surface area contributed by atoms with Crippen molar-refractivity contribution in [1.82, 2.24) is 0 Å². The van der Waals surface area contributed by atoms with Gasteiger partial charge in [-0.15, -0.1) is 0 Å². The van der Waals surface area contributed by atoms with Gasteiger partial charge in [0.15, 0.2) is 0 Å². The Morgan fingerprint density at radius 3 is 1.75 bits per heavy atom. The van der Waals surface area contributed by atoms with Crippen molar-refractivity contribution < 1.29 is 17.0 Å². The fraction of sp³-hybridized carbons (Fsp3) is 0.143. The smallest absolute Gasteiger partial charge is 0.240 e. The third-order valence-electron chi connectivity index (χ3n) is 4.23. The molecule has 0 radical (unpaired) electrons. The van der Waals surface area contributed by atoms with Gasteiger partial charge in [0.25, 0.3) is 10.0 Å². The molecule has 0 aliphatic heterocycles. The third kappa shape index (κ3) is 4.15. The lowest BCUT2D eigenvalue weighted by molar-refractivity contribution is 0.450. The van der Waals surface area contributed by atoms with Crippen LogP contribution < -0.4 is 0 Å². The maximum atomic E-state index is 15.5. The topological polar surface area (TPSA) is 63.6 Å². The van der Waals surface area contributed by atoms with Crippen LogP contribution in [0.25, 0.3) is 0 Å². The summed E-state index contributed by atoms with van der Waals surface area (Å²) < 4.78 is 58.4. The van der Waals surface area contributed by atoms with Crippen molar-refractivity contribution in [2.45, 2.75) is 29.1 Å². The van der Waals surface area contributed by atoms with Gasteiger partial charge in [-0.1, -0.05) is 69.5 Å². The summed E-state index contributed by atoms with van der Waals surface area (Å²) in [7, 11) is -8.29. The summed E-state index contributed by atoms with van der Waals surface area (Å²) in [6.07, 6.45) is 0. The number of hydrogen-bond acceptors (Lipinski definition) is 3. The Balaban J connectivity index is 2.22. The molecule has 0 saturated carbocycles. The molecule has 0 aliphatic rings. The van der Waals surface area contributed by atoms with Gasteiger partial charge in [-0.3, -0.25) is 0 Å². The van der Waals surface area contributed by atoms with E-state index in [0.29, 0.717) is 0 Å². The minimum Gasteiger partial charge on any atom is -0.240 e. The lowest BCUT2D eigenvalue weighted by Crippen LogP contribution is -2.13. The maximum absolute atomic E-state index is 15.5. The molecule has 0 aromatic heterocycles. The van der Waals surface area contributed by atoms with Crippen molar-refractivity contribution in [3.63, 3.8) is 0 Å². The van der Waals surface area contributed by atoms with E-state index in [1.165, 1.54) is 36.4 Å². The van der Waals surface area contributed by atoms with E-state index in [0.717, 1.165) is 11.1 Å². The molecular weight excluding hydrogens is 397 g/mol. The standard InChI is InChI=1S/C21H20FNO3S2/c1-16-8-12-18(13-9-16)21(22)27(24,19-6-4-3-5-7-19)23-28(25,26)20-14-10-17(2)11-15-20/h3-15,21H,1-2H3/t21-,27+/m0/s1. The molecule has 0 spiro atoms. The fourth-order valence-corrected chi connectivity index (χ4v) is 6.57. The van der Waals surface area contributed by atoms with Gasteiger partial charge in [0, 0.05) is 5.56 Å². The van der Waals surface area contributed by atoms with Crippen molar-refractivity contribution in [3.05, 3.63) is 95.6 Å². The quantitative estimate of drug-likeness (QED) is 0.574. The Bertz CT molecular complexity index is 1180. The molecule has 0 fully saturated rings. The Labute approximate surface area is 165 Å². The Morgan fingerprint density at radius 2 is 1.21 bits per heavy atom. The van der Waals surface area contributed by atoms with Gasteiger partial charge in [0.05, 0.1) is 9.79 Å². The van der Waals surface area contributed by atoms with E-state index in [1.807, 2.05) is 13.8 Å². The predicted molar refractivity (Wildman–Crippen MR) is 109 cm³/mol. The molecule has 0 amide bonds. The molecule has 0 unspecified atom stereocenters. The first-order chi connectivity index (χ1) is 13.2. The van der Waals surface area contributed by atoms with Crippen LogP contribution in [0.15, 0.2) is 92.4 Å². The van der Waals surface area contributed by atoms with Crippen molar-refractivity contribution in [2.75, 3.05) is 0 Å². The van der Waals surface area contributed by atoms with Crippen LogP contribution in [-0.2, 0) is 19.8 Å². The first kappa shape index (κ1) is 20.2. The zero-order valence-corrected chi connectivity index (χ0v) is 17.1. The monoisotopic (exact) mass is 417 g/mol. The molecule has 0 N–H and O–H groups in total. The van der Waals surface area contributed by atoms with Crippen LogP contribution in [-0.4, -0.2) is 12.6 Å². The zero-order chi connectivity index (χ0) is 20.4. The second-order valence-corrected chi connectivity index (χ2v) is 10.5. The van der Waals surface area contributed by atoms with E-state index in [9.17, 15) is 12.6 Å². The maximum Gasteiger partial charge on any atom is 0.290 e. The Hall–Kier alpha value is -2.51. The lowest BCUT2D eigenvalue weighted by atomic mass is 10.2. The number of alkyl halides is 1. The molecule has 0 aliphatic carbocycles. The Kier molecular flexibility index (Phi) is 5.67. The number of nitrogens with zero attached hydrogens (tertiary/aromatic N) is 1. The molecular formula is C21H20FNO3S2. The van der Waals surface area contributed by atoms with Crippen molar-refractivity contribution >= 4 is 19.8 Å². The number of benzene rings is 3. The van der Waals surface area contributed by atoms with Crippen LogP contribution in [0.4, 0.5) is 4.39 Å². The van der Waals surface area contributed by atoms with Crippen molar-refractivity contribution in [1.29, 1.82) is 0 Å². The summed E-state index contributed by atoms with van der Waals surface area (Å²) in [5.74, 6) is 0. The average Bonchev–Trinajstić information content (AvgIpc) is 2.68. The summed E-state index contributed by atoms with van der Waals surface area (Å²) in [5.41, 5.74) is -0.213. The van der Waals surface area contributed by atoms with E-state index >= 15 is 4.39 Å². The van der Waals surface area contributed by atoms with Crippen LogP contribution in [0.2, 0.25) is 0 Å². The summed E-state index contributed by atoms with van der Waals surface area (Å²) in [6, 6.07) is 20.0. The van der Waals surface area contributed by atoms with Crippen LogP contribution in [0.5, 0.6) is 0 Å². The molecule has 0 bridgehead atoms. The van der Waals surface area contributed by atoms with Gasteiger partial charge in [0.2, 0.25) is 5.50 Å². The summed E-state index contributed by atoms with van der Waals surface area (Å²) in [6.45, 7) is 3.66. The van der Waals surface area contributed by atoms with Gasteiger partial charge >= 0.3 is 0 Å². The second-order valence-electron chi connectivity index (χ2n) is 6.47. The zero-order valence-electron chi connectivity index (χ0n) is 15.4. The minimum absolute atomic E-state index is 0.0266. The molecule has 3 aromatic rings. The van der Waals surface area contributed by atoms with Gasteiger partial charge in [-0.05, 0) is 38.1 Å². The number of rotatable bonds is 5. The number of halogens is 1. The summed E-state index contributed by atoms with van der Waals surface area (Å²) >= 11 is 0. The molecule has 0 saturated heterocycles. The molecule has 7 heteroatoms. The number of hydrogen-bond donors (Lipinski definition) is 0. The van der Waals surface area contributed by atoms with E-state index < -0.39 is 25.3 Å². The van der Waals surface area contributed by atoms with E-state index in [2.05, 4.69) is 3.77 Å². The predicted octanol–water partition coefficient (Wildman–Crippen LogP) is 5.19. The largest absolute Gasteiger partial charge is 0.290 e. The average molecular weight is 418 g/mol. The highest BCUT2D eigenvalue weighted by molar-refractivity contribution is 8.03. The summed E-state index contributed by atoms with van der Waals surface area (Å²) in [4.78, 5) is -0.100. The lowest BCUT2D eigenvalue weighted by Gasteiger charge is -2.16. The molecule has 3 rings (SSSR count). The molecule has 0 heterocycles. The van der Waals surface area contributed by atoms with E-state index in [-0.39, 0.29) is 15.4 Å². The molecule has 3 aromatic carbocycles. The summed E-state index contributed by atoms with van der Waals surface area (Å²) in [5, 5.41) is 0. The number of aryl methyl sites for hydroxylation is 2. The SMILES string of the molecule is Cc1ccc([C@@H](F)[S@@](=O)(=NS(=O)(=O)c2ccc(C)cc2)c2ccccc2)cc1. The minimum atomic E-state index is -4.33. The first-order valence-electron chi connectivity index (χ1n) is 8.57. The van der Waals surface area contributed by atoms with Crippen molar-refractivity contribution in [3.8, 4) is 0 Å². The van der Waals surface area contributed by atoms with Crippen LogP contribution in [0.3, 0.4) is 0 Å². The van der Waals surface area contributed by atoms with Gasteiger partial charge < -0.3 is 0 Å².